The molecule has 1 amide bonds. The van der Waals surface area contributed by atoms with Gasteiger partial charge in [0.05, 0.1) is 6.54 Å². The molecule has 0 aromatic carbocycles. The van der Waals surface area contributed by atoms with Crippen LogP contribution < -0.4 is 5.32 Å². The Labute approximate surface area is 116 Å². The van der Waals surface area contributed by atoms with Crippen LogP contribution in [0.25, 0.3) is 0 Å². The Balaban J connectivity index is 2.00. The van der Waals surface area contributed by atoms with Crippen molar-refractivity contribution < 1.29 is 19.2 Å². The first-order valence-electron chi connectivity index (χ1n) is 6.63. The standard InChI is InChI=1S/C13H19N3O4/c1-9-7-10(15-20-9)14-11(17)8-16-6-4-3-5-13(16,2)12(18)19/h7H,3-6,8H2,1-2H3,(H,18,19)(H,14,15,17). The normalized spacial score (nSPS) is 23.5. The van der Waals surface area contributed by atoms with Crippen molar-refractivity contribution in [2.45, 2.75) is 38.6 Å². The molecule has 0 bridgehead atoms. The topological polar surface area (TPSA) is 95.7 Å². The van der Waals surface area contributed by atoms with Gasteiger partial charge < -0.3 is 14.9 Å². The van der Waals surface area contributed by atoms with Gasteiger partial charge >= 0.3 is 5.97 Å². The van der Waals surface area contributed by atoms with Crippen LogP contribution in [0, 0.1) is 6.92 Å². The van der Waals surface area contributed by atoms with E-state index < -0.39 is 11.5 Å². The van der Waals surface area contributed by atoms with Gasteiger partial charge in [-0.05, 0) is 39.7 Å². The molecule has 0 aliphatic carbocycles. The van der Waals surface area contributed by atoms with E-state index in [4.69, 9.17) is 4.52 Å². The molecule has 1 aliphatic rings. The number of likely N-dealkylation sites (tertiary alicyclic amines) is 1. The second-order valence-corrected chi connectivity index (χ2v) is 5.33. The summed E-state index contributed by atoms with van der Waals surface area (Å²) in [5, 5.41) is 15.7. The molecule has 1 aromatic rings. The summed E-state index contributed by atoms with van der Waals surface area (Å²) in [4.78, 5) is 25.1. The molecule has 2 N–H and O–H groups in total. The maximum Gasteiger partial charge on any atom is 0.323 e. The number of amides is 1. The fraction of sp³-hybridized carbons (Fsp3) is 0.615. The highest BCUT2D eigenvalue weighted by atomic mass is 16.5. The van der Waals surface area contributed by atoms with Crippen LogP contribution in [-0.2, 0) is 9.59 Å². The Hall–Kier alpha value is -1.89. The van der Waals surface area contributed by atoms with Gasteiger partial charge in [-0.15, -0.1) is 0 Å². The number of hydrogen-bond donors (Lipinski definition) is 2. The molecule has 2 rings (SSSR count). The number of anilines is 1. The Bertz CT molecular complexity index is 513. The SMILES string of the molecule is Cc1cc(NC(=O)CN2CCCCC2(C)C(=O)O)no1. The molecule has 0 radical (unpaired) electrons. The van der Waals surface area contributed by atoms with Gasteiger partial charge in [0.25, 0.3) is 0 Å². The second-order valence-electron chi connectivity index (χ2n) is 5.33. The van der Waals surface area contributed by atoms with Crippen molar-refractivity contribution in [1.82, 2.24) is 10.1 Å². The van der Waals surface area contributed by atoms with Gasteiger partial charge in [-0.3, -0.25) is 14.5 Å². The second kappa shape index (κ2) is 5.62. The molecule has 0 spiro atoms. The predicted octanol–water partition coefficient (Wildman–Crippen LogP) is 1.25. The van der Waals surface area contributed by atoms with Gasteiger partial charge in [0.15, 0.2) is 5.82 Å². The molecule has 1 saturated heterocycles. The summed E-state index contributed by atoms with van der Waals surface area (Å²) < 4.78 is 4.86. The lowest BCUT2D eigenvalue weighted by Crippen LogP contribution is -2.57. The minimum atomic E-state index is -0.977. The number of aromatic nitrogens is 1. The molecule has 1 fully saturated rings. The molecule has 2 heterocycles. The van der Waals surface area contributed by atoms with Gasteiger partial charge in [-0.1, -0.05) is 5.16 Å². The van der Waals surface area contributed by atoms with E-state index in [2.05, 4.69) is 10.5 Å². The van der Waals surface area contributed by atoms with Crippen LogP contribution in [-0.4, -0.2) is 45.7 Å². The molecule has 1 atom stereocenters. The lowest BCUT2D eigenvalue weighted by atomic mass is 9.88. The van der Waals surface area contributed by atoms with Crippen LogP contribution in [0.15, 0.2) is 10.6 Å². The van der Waals surface area contributed by atoms with Gasteiger partial charge in [-0.2, -0.15) is 0 Å². The maximum absolute atomic E-state index is 12.0. The molecule has 1 unspecified atom stereocenters. The van der Waals surface area contributed by atoms with Crippen LogP contribution in [0.3, 0.4) is 0 Å². The van der Waals surface area contributed by atoms with Crippen molar-refractivity contribution >= 4 is 17.7 Å². The summed E-state index contributed by atoms with van der Waals surface area (Å²) in [6.45, 7) is 4.04. The number of carboxylic acid groups (broad SMARTS) is 1. The van der Waals surface area contributed by atoms with Crippen LogP contribution >= 0.6 is 0 Å². The quantitative estimate of drug-likeness (QED) is 0.862. The van der Waals surface area contributed by atoms with Crippen LogP contribution in [0.5, 0.6) is 0 Å². The Kier molecular flexibility index (Phi) is 4.08. The van der Waals surface area contributed by atoms with E-state index in [0.717, 1.165) is 12.8 Å². The first kappa shape index (κ1) is 14.5. The summed E-state index contributed by atoms with van der Waals surface area (Å²) >= 11 is 0. The largest absolute Gasteiger partial charge is 0.480 e. The van der Waals surface area contributed by atoms with Gasteiger partial charge in [-0.25, -0.2) is 0 Å². The first-order chi connectivity index (χ1) is 9.41. The number of nitrogens with zero attached hydrogens (tertiary/aromatic N) is 2. The lowest BCUT2D eigenvalue weighted by molar-refractivity contribution is -0.153. The Morgan fingerprint density at radius 3 is 2.90 bits per heavy atom. The summed E-state index contributed by atoms with van der Waals surface area (Å²) in [5.74, 6) is -0.217. The van der Waals surface area contributed by atoms with Gasteiger partial charge in [0.2, 0.25) is 5.91 Å². The molecular formula is C13H19N3O4. The molecule has 1 aromatic heterocycles. The highest BCUT2D eigenvalue weighted by Gasteiger charge is 2.41. The molecule has 7 nitrogen and oxygen atoms in total. The zero-order chi connectivity index (χ0) is 14.8. The Morgan fingerprint density at radius 1 is 1.55 bits per heavy atom. The summed E-state index contributed by atoms with van der Waals surface area (Å²) in [6, 6.07) is 1.62. The van der Waals surface area contributed by atoms with E-state index in [1.54, 1.807) is 24.8 Å². The van der Waals surface area contributed by atoms with Crippen molar-refractivity contribution in [1.29, 1.82) is 0 Å². The smallest absolute Gasteiger partial charge is 0.323 e. The van der Waals surface area contributed by atoms with Crippen LogP contribution in [0.1, 0.15) is 31.9 Å². The molecule has 20 heavy (non-hydrogen) atoms. The molecular weight excluding hydrogens is 262 g/mol. The maximum atomic E-state index is 12.0. The predicted molar refractivity (Wildman–Crippen MR) is 71.3 cm³/mol. The average Bonchev–Trinajstić information content (AvgIpc) is 2.77. The molecule has 1 aliphatic heterocycles. The monoisotopic (exact) mass is 281 g/mol. The van der Waals surface area contributed by atoms with Crippen molar-refractivity contribution in [3.63, 3.8) is 0 Å². The average molecular weight is 281 g/mol. The molecule has 7 heteroatoms. The fourth-order valence-electron chi connectivity index (χ4n) is 2.45. The van der Waals surface area contributed by atoms with E-state index in [1.165, 1.54) is 0 Å². The number of carbonyl (C=O) groups is 2. The lowest BCUT2D eigenvalue weighted by Gasteiger charge is -2.41. The van der Waals surface area contributed by atoms with Gasteiger partial charge in [0.1, 0.15) is 11.3 Å². The van der Waals surface area contributed by atoms with E-state index in [0.29, 0.717) is 24.5 Å². The fourth-order valence-corrected chi connectivity index (χ4v) is 2.45. The third kappa shape index (κ3) is 2.98. The third-order valence-corrected chi connectivity index (χ3v) is 3.73. The van der Waals surface area contributed by atoms with Crippen molar-refractivity contribution in [3.05, 3.63) is 11.8 Å². The summed E-state index contributed by atoms with van der Waals surface area (Å²) in [7, 11) is 0. The van der Waals surface area contributed by atoms with E-state index in [-0.39, 0.29) is 12.5 Å². The number of carboxylic acids is 1. The van der Waals surface area contributed by atoms with Crippen LogP contribution in [0.4, 0.5) is 5.82 Å². The van der Waals surface area contributed by atoms with Crippen LogP contribution in [0.2, 0.25) is 0 Å². The zero-order valence-corrected chi connectivity index (χ0v) is 11.7. The number of rotatable bonds is 4. The number of carbonyl (C=O) groups excluding carboxylic acids is 1. The third-order valence-electron chi connectivity index (χ3n) is 3.73. The van der Waals surface area contributed by atoms with E-state index in [1.807, 2.05) is 0 Å². The number of nitrogens with one attached hydrogen (secondary N) is 1. The number of hydrogen-bond acceptors (Lipinski definition) is 5. The number of aryl methyl sites for hydroxylation is 1. The van der Waals surface area contributed by atoms with Gasteiger partial charge in [0, 0.05) is 6.07 Å². The molecule has 0 saturated carbocycles. The first-order valence-corrected chi connectivity index (χ1v) is 6.63. The van der Waals surface area contributed by atoms with Crippen molar-refractivity contribution in [2.24, 2.45) is 0 Å². The minimum absolute atomic E-state index is 0.0364. The van der Waals surface area contributed by atoms with Crippen molar-refractivity contribution in [2.75, 3.05) is 18.4 Å². The Morgan fingerprint density at radius 2 is 2.30 bits per heavy atom. The highest BCUT2D eigenvalue weighted by molar-refractivity contribution is 5.92. The summed E-state index contributed by atoms with van der Waals surface area (Å²) in [6.07, 6.45) is 2.32. The molecule has 110 valence electrons. The van der Waals surface area contributed by atoms with E-state index in [9.17, 15) is 14.7 Å². The number of aliphatic carboxylic acids is 1. The number of piperidine rings is 1. The minimum Gasteiger partial charge on any atom is -0.480 e. The van der Waals surface area contributed by atoms with E-state index >= 15 is 0 Å². The zero-order valence-electron chi connectivity index (χ0n) is 11.7. The summed E-state index contributed by atoms with van der Waals surface area (Å²) in [5.41, 5.74) is -0.977. The highest BCUT2D eigenvalue weighted by Crippen LogP contribution is 2.27. The van der Waals surface area contributed by atoms with Crippen molar-refractivity contribution in [3.8, 4) is 0 Å².